The first-order valence-corrected chi connectivity index (χ1v) is 40.9. The number of nitrogens with zero attached hydrogens (tertiary/aromatic N) is 8. The maximum atomic E-state index is 6.69. The molecular formula is C112H72N8O2. The van der Waals surface area contributed by atoms with Crippen LogP contribution in [-0.4, -0.2) is 29.9 Å². The lowest BCUT2D eigenvalue weighted by molar-refractivity contribution is 0.668. The molecule has 0 radical (unpaired) electrons. The first-order valence-electron chi connectivity index (χ1n) is 40.9. The number of hydrogen-bond donors (Lipinski definition) is 0. The van der Waals surface area contributed by atoms with Crippen LogP contribution in [0.15, 0.2) is 446 Å². The first-order chi connectivity index (χ1) is 60.4. The van der Waals surface area contributed by atoms with Gasteiger partial charge in [0.15, 0.2) is 34.9 Å². The van der Waals surface area contributed by atoms with Gasteiger partial charge in [0.05, 0.1) is 5.69 Å². The summed E-state index contributed by atoms with van der Waals surface area (Å²) in [6, 6.07) is 153. The van der Waals surface area contributed by atoms with Gasteiger partial charge in [0.25, 0.3) is 0 Å². The van der Waals surface area contributed by atoms with E-state index >= 15 is 0 Å². The van der Waals surface area contributed by atoms with Crippen molar-refractivity contribution in [3.8, 4) is 135 Å². The lowest BCUT2D eigenvalue weighted by Crippen LogP contribution is -2.10. The fraction of sp³-hybridized carbons (Fsp3) is 0. The molecule has 10 nitrogen and oxygen atoms in total. The molecular weight excluding hydrogens is 1490 g/mol. The van der Waals surface area contributed by atoms with Crippen molar-refractivity contribution in [2.24, 2.45) is 0 Å². The van der Waals surface area contributed by atoms with Crippen molar-refractivity contribution in [1.29, 1.82) is 0 Å². The molecule has 0 spiro atoms. The average Bonchev–Trinajstić information content (AvgIpc) is 1.61. The minimum Gasteiger partial charge on any atom is -0.456 e. The van der Waals surface area contributed by atoms with E-state index in [4.69, 9.17) is 38.7 Å². The van der Waals surface area contributed by atoms with Crippen molar-refractivity contribution < 1.29 is 8.83 Å². The Morgan fingerprint density at radius 3 is 0.787 bits per heavy atom. The zero-order valence-electron chi connectivity index (χ0n) is 66.0. The molecule has 122 heavy (non-hydrogen) atoms. The number of aromatic nitrogens is 6. The second-order valence-corrected chi connectivity index (χ2v) is 30.6. The summed E-state index contributed by atoms with van der Waals surface area (Å²) in [6.07, 6.45) is 0. The lowest BCUT2D eigenvalue weighted by Gasteiger charge is -2.27. The molecule has 10 heteroatoms. The molecule has 0 amide bonds. The van der Waals surface area contributed by atoms with E-state index in [1.165, 1.54) is 27.5 Å². The van der Waals surface area contributed by atoms with E-state index in [0.29, 0.717) is 34.9 Å². The summed E-state index contributed by atoms with van der Waals surface area (Å²) >= 11 is 0. The largest absolute Gasteiger partial charge is 0.456 e. The third-order valence-corrected chi connectivity index (χ3v) is 23.0. The molecule has 0 N–H and O–H groups in total. The molecule has 0 aliphatic rings. The second-order valence-electron chi connectivity index (χ2n) is 30.6. The highest BCUT2D eigenvalue weighted by atomic mass is 16.3. The summed E-state index contributed by atoms with van der Waals surface area (Å²) < 4.78 is 13.3. The summed E-state index contributed by atoms with van der Waals surface area (Å²) in [5.74, 6) is 3.49. The van der Waals surface area contributed by atoms with Crippen LogP contribution in [0.4, 0.5) is 34.1 Å². The first kappa shape index (κ1) is 71.9. The van der Waals surface area contributed by atoms with Crippen LogP contribution in [-0.2, 0) is 0 Å². The number of fused-ring (bicyclic) bond motifs is 7. The maximum Gasteiger partial charge on any atom is 0.164 e. The molecule has 0 fully saturated rings. The molecule has 0 aliphatic carbocycles. The van der Waals surface area contributed by atoms with Crippen molar-refractivity contribution in [2.75, 3.05) is 9.80 Å². The molecule has 0 saturated heterocycles. The van der Waals surface area contributed by atoms with E-state index < -0.39 is 0 Å². The van der Waals surface area contributed by atoms with Gasteiger partial charge in [0.2, 0.25) is 0 Å². The maximum absolute atomic E-state index is 6.69. The predicted octanol–water partition coefficient (Wildman–Crippen LogP) is 30.0. The Morgan fingerprint density at radius 1 is 0.148 bits per heavy atom. The topological polar surface area (TPSA) is 110 Å². The van der Waals surface area contributed by atoms with E-state index in [9.17, 15) is 0 Å². The van der Waals surface area contributed by atoms with Crippen molar-refractivity contribution in [3.63, 3.8) is 0 Å². The molecule has 22 rings (SSSR count). The molecule has 0 unspecified atom stereocenters. The highest BCUT2D eigenvalue weighted by Gasteiger charge is 2.23. The zero-order chi connectivity index (χ0) is 80.8. The van der Waals surface area contributed by atoms with E-state index in [-0.39, 0.29) is 0 Å². The molecule has 572 valence electrons. The molecule has 0 aliphatic heterocycles. The van der Waals surface area contributed by atoms with Gasteiger partial charge in [-0.1, -0.05) is 315 Å². The van der Waals surface area contributed by atoms with Crippen LogP contribution in [0.5, 0.6) is 0 Å². The normalized spacial score (nSPS) is 11.4. The van der Waals surface area contributed by atoms with Crippen LogP contribution in [0.25, 0.3) is 190 Å². The number of benzene rings is 18. The van der Waals surface area contributed by atoms with Crippen molar-refractivity contribution in [2.45, 2.75) is 0 Å². The van der Waals surface area contributed by atoms with Gasteiger partial charge < -0.3 is 18.6 Å². The van der Waals surface area contributed by atoms with Crippen LogP contribution in [0.2, 0.25) is 0 Å². The monoisotopic (exact) mass is 1560 g/mol. The summed E-state index contributed by atoms with van der Waals surface area (Å²) in [7, 11) is 0. The predicted molar refractivity (Wildman–Crippen MR) is 500 cm³/mol. The summed E-state index contributed by atoms with van der Waals surface area (Å²) in [5.41, 5.74) is 28.1. The van der Waals surface area contributed by atoms with Gasteiger partial charge in [-0.3, -0.25) is 0 Å². The number of furan rings is 2. The smallest absolute Gasteiger partial charge is 0.164 e. The lowest BCUT2D eigenvalue weighted by atomic mass is 9.98. The third-order valence-electron chi connectivity index (χ3n) is 23.0. The van der Waals surface area contributed by atoms with E-state index in [1.807, 2.05) is 97.1 Å². The van der Waals surface area contributed by atoms with E-state index in [1.54, 1.807) is 0 Å². The van der Waals surface area contributed by atoms with Crippen LogP contribution >= 0.6 is 0 Å². The Morgan fingerprint density at radius 2 is 0.402 bits per heavy atom. The number of rotatable bonds is 18. The molecule has 0 bridgehead atoms. The minimum atomic E-state index is 0.546. The second kappa shape index (κ2) is 31.1. The fourth-order valence-corrected chi connectivity index (χ4v) is 16.7. The van der Waals surface area contributed by atoms with Gasteiger partial charge in [0.1, 0.15) is 22.3 Å². The zero-order valence-corrected chi connectivity index (χ0v) is 66.0. The Labute approximate surface area is 704 Å². The van der Waals surface area contributed by atoms with Gasteiger partial charge in [-0.15, -0.1) is 0 Å². The van der Waals surface area contributed by atoms with Crippen LogP contribution in [0, 0.1) is 0 Å². The van der Waals surface area contributed by atoms with Crippen molar-refractivity contribution in [3.05, 3.63) is 437 Å². The average molecular weight is 1560 g/mol. The Bertz CT molecular complexity index is 7560. The molecule has 4 aromatic heterocycles. The van der Waals surface area contributed by atoms with Crippen LogP contribution < -0.4 is 9.80 Å². The highest BCUT2D eigenvalue weighted by molar-refractivity contribution is 6.09. The van der Waals surface area contributed by atoms with Gasteiger partial charge in [-0.25, -0.2) is 29.9 Å². The van der Waals surface area contributed by atoms with E-state index in [2.05, 4.69) is 350 Å². The van der Waals surface area contributed by atoms with Gasteiger partial charge in [-0.05, 0) is 193 Å². The fourth-order valence-electron chi connectivity index (χ4n) is 16.7. The van der Waals surface area contributed by atoms with Gasteiger partial charge >= 0.3 is 0 Å². The van der Waals surface area contributed by atoms with Crippen LogP contribution in [0.3, 0.4) is 0 Å². The van der Waals surface area contributed by atoms with Crippen LogP contribution in [0.1, 0.15) is 0 Å². The Hall–Kier alpha value is -16.6. The summed E-state index contributed by atoms with van der Waals surface area (Å²) in [6.45, 7) is 0. The molecule has 22 aromatic rings. The molecule has 0 saturated carbocycles. The van der Waals surface area contributed by atoms with E-state index in [0.717, 1.165) is 161 Å². The summed E-state index contributed by atoms with van der Waals surface area (Å²) in [4.78, 5) is 35.1. The SMILES string of the molecule is c1ccc(-c2ccc(N(c3ccc(-c4ccc(-c5cccc(-c6nc(-c7ccccc7)nc(-c7ccc8c(c7)oc7ccc(-c9ccc(N(c%10ccc(-c%11ccccc%11)cc%10)c%10cccc%11ccccc%10%11)cc9)cc78)n6)c5)cc4)cc3)c3ccc(-c4ccc5oc6cc(-c7nc(-c8ccccc8)nc(-c8ccccc8)n7)ccc6c5c4)cc3)cc2)cc1. The quantitative estimate of drug-likeness (QED) is 0.0824. The Kier molecular flexibility index (Phi) is 18.4. The third kappa shape index (κ3) is 14.0. The Balaban J connectivity index is 0.525. The highest BCUT2D eigenvalue weighted by Crippen LogP contribution is 2.45. The standard InChI is InChI=1S/C112H72N8O2/c1-6-20-73(21-7-1)76-40-54-92(55-41-76)119(94-58-46-80(47-59-94)87-52-66-103-100(69-87)98-64-50-90(71-105(98)121-103)111-115-107(83-25-10-3-11-26-83)113-108(116-111)84-27-12-4-13-28-84)93-56-42-78(43-57-93)75-36-38-79(39-37-75)86-32-18-33-89(68-86)110-114-109(85-29-14-5-15-30-85)117-112(118-110)91-51-65-99-101-70-88(53-67-104(101)122-106(99)72-91)81-48-62-96(63-49-81)120(102-35-19-31-82-24-16-17-34-97(82)102)95-60-44-77(45-61-95)74-22-8-2-9-23-74/h1-72H. The molecule has 0 atom stereocenters. The minimum absolute atomic E-state index is 0.546. The molecule has 4 heterocycles. The number of anilines is 6. The molecule has 18 aromatic carbocycles. The van der Waals surface area contributed by atoms with Gasteiger partial charge in [-0.2, -0.15) is 0 Å². The van der Waals surface area contributed by atoms with Crippen molar-refractivity contribution in [1.82, 2.24) is 29.9 Å². The number of hydrogen-bond acceptors (Lipinski definition) is 10. The van der Waals surface area contributed by atoms with Gasteiger partial charge in [0, 0.05) is 88.7 Å². The summed E-state index contributed by atoms with van der Waals surface area (Å²) in [5, 5.41) is 6.44. The van der Waals surface area contributed by atoms with Crippen molar-refractivity contribution >= 4 is 88.8 Å².